The second-order valence-electron chi connectivity index (χ2n) is 6.68. The van der Waals surface area contributed by atoms with Crippen molar-refractivity contribution in [3.8, 4) is 11.6 Å². The van der Waals surface area contributed by atoms with Crippen LogP contribution in [0.3, 0.4) is 0 Å². The number of phenolic OH excluding ortho intramolecular Hbond substituents is 1. The van der Waals surface area contributed by atoms with E-state index in [1.165, 1.54) is 35.2 Å². The summed E-state index contributed by atoms with van der Waals surface area (Å²) in [4.78, 5) is 4.56. The number of nitrogens with zero attached hydrogens (tertiary/aromatic N) is 3. The van der Waals surface area contributed by atoms with Crippen molar-refractivity contribution in [1.82, 2.24) is 4.98 Å². The average Bonchev–Trinajstić information content (AvgIpc) is 3.32. The first kappa shape index (κ1) is 21.4. The highest BCUT2D eigenvalue weighted by Crippen LogP contribution is 2.39. The SMILES string of the molecule is CCSc1nc(O)c(C(Cc2ccc(O)cc2C(F)(F)F)=c2ccc3c(c2)C=NN=3)s1. The average molecular weight is 464 g/mol. The summed E-state index contributed by atoms with van der Waals surface area (Å²) < 4.78 is 41.5. The minimum atomic E-state index is -4.64. The van der Waals surface area contributed by atoms with Gasteiger partial charge in [-0.2, -0.15) is 28.4 Å². The second-order valence-corrected chi connectivity index (χ2v) is 9.19. The van der Waals surface area contributed by atoms with E-state index in [0.29, 0.717) is 31.4 Å². The number of thioether (sulfide) groups is 1. The van der Waals surface area contributed by atoms with Gasteiger partial charge in [0.05, 0.1) is 22.0 Å². The summed E-state index contributed by atoms with van der Waals surface area (Å²) >= 11 is 2.68. The van der Waals surface area contributed by atoms with Gasteiger partial charge in [0, 0.05) is 12.0 Å². The van der Waals surface area contributed by atoms with Gasteiger partial charge in [-0.1, -0.05) is 30.8 Å². The number of halogens is 3. The highest BCUT2D eigenvalue weighted by molar-refractivity contribution is 8.01. The number of alkyl halides is 3. The van der Waals surface area contributed by atoms with Crippen molar-refractivity contribution >= 4 is 34.9 Å². The summed E-state index contributed by atoms with van der Waals surface area (Å²) in [6.45, 7) is 1.95. The normalized spacial score (nSPS) is 13.8. The molecule has 2 heterocycles. The van der Waals surface area contributed by atoms with E-state index in [2.05, 4.69) is 15.2 Å². The summed E-state index contributed by atoms with van der Waals surface area (Å²) in [7, 11) is 0. The second kappa shape index (κ2) is 8.35. The zero-order valence-corrected chi connectivity index (χ0v) is 17.8. The van der Waals surface area contributed by atoms with E-state index in [0.717, 1.165) is 11.3 Å². The Kier molecular flexibility index (Phi) is 5.76. The fourth-order valence-electron chi connectivity index (χ4n) is 3.25. The molecule has 0 bridgehead atoms. The van der Waals surface area contributed by atoms with E-state index in [-0.39, 0.29) is 17.9 Å². The maximum absolute atomic E-state index is 13.6. The van der Waals surface area contributed by atoms with Crippen LogP contribution in [-0.2, 0) is 12.6 Å². The molecule has 0 amide bonds. The first-order valence-corrected chi connectivity index (χ1v) is 11.0. The van der Waals surface area contributed by atoms with E-state index in [1.54, 1.807) is 24.4 Å². The largest absolute Gasteiger partial charge is 0.508 e. The Morgan fingerprint density at radius 1 is 1.13 bits per heavy atom. The molecule has 5 nitrogen and oxygen atoms in total. The summed E-state index contributed by atoms with van der Waals surface area (Å²) in [6, 6.07) is 8.45. The van der Waals surface area contributed by atoms with Gasteiger partial charge in [-0.25, -0.2) is 0 Å². The van der Waals surface area contributed by atoms with E-state index >= 15 is 0 Å². The van der Waals surface area contributed by atoms with Crippen LogP contribution >= 0.6 is 23.1 Å². The zero-order valence-electron chi connectivity index (χ0n) is 16.1. The van der Waals surface area contributed by atoms with Gasteiger partial charge in [-0.3, -0.25) is 0 Å². The summed E-state index contributed by atoms with van der Waals surface area (Å²) in [6.07, 6.45) is -3.18. The predicted octanol–water partition coefficient (Wildman–Crippen LogP) is 4.09. The number of benzene rings is 2. The molecule has 160 valence electrons. The first-order valence-electron chi connectivity index (χ1n) is 9.22. The molecule has 0 saturated carbocycles. The smallest absolute Gasteiger partial charge is 0.416 e. The van der Waals surface area contributed by atoms with E-state index in [9.17, 15) is 23.4 Å². The topological polar surface area (TPSA) is 78.1 Å². The Morgan fingerprint density at radius 2 is 1.94 bits per heavy atom. The third kappa shape index (κ3) is 4.45. The molecule has 1 aliphatic heterocycles. The molecule has 1 aliphatic rings. The van der Waals surface area contributed by atoms with Crippen LogP contribution in [0, 0.1) is 0 Å². The summed E-state index contributed by atoms with van der Waals surface area (Å²) in [5.41, 5.74) is 0.299. The molecule has 31 heavy (non-hydrogen) atoms. The predicted molar refractivity (Wildman–Crippen MR) is 114 cm³/mol. The van der Waals surface area contributed by atoms with Crippen LogP contribution in [0.15, 0.2) is 50.9 Å². The third-order valence-corrected chi connectivity index (χ3v) is 6.77. The Morgan fingerprint density at radius 3 is 2.68 bits per heavy atom. The third-order valence-electron chi connectivity index (χ3n) is 4.64. The van der Waals surface area contributed by atoms with Crippen LogP contribution in [0.4, 0.5) is 13.2 Å². The number of hydrogen-bond acceptors (Lipinski definition) is 7. The molecule has 0 spiro atoms. The fraction of sp³-hybridized carbons (Fsp3) is 0.190. The maximum Gasteiger partial charge on any atom is 0.416 e. The van der Waals surface area contributed by atoms with Crippen LogP contribution in [0.1, 0.15) is 28.5 Å². The van der Waals surface area contributed by atoms with Gasteiger partial charge in [0.1, 0.15) is 5.75 Å². The number of thiazole rings is 1. The minimum absolute atomic E-state index is 0.0170. The Hall–Kier alpha value is -2.85. The number of phenols is 1. The molecule has 2 N–H and O–H groups in total. The lowest BCUT2D eigenvalue weighted by molar-refractivity contribution is -0.138. The fourth-order valence-corrected chi connectivity index (χ4v) is 5.25. The molecule has 4 rings (SSSR count). The monoisotopic (exact) mass is 463 g/mol. The first-order chi connectivity index (χ1) is 14.8. The van der Waals surface area contributed by atoms with Crippen molar-refractivity contribution in [2.45, 2.75) is 23.9 Å². The molecule has 0 aliphatic carbocycles. The lowest BCUT2D eigenvalue weighted by atomic mass is 9.96. The lowest BCUT2D eigenvalue weighted by Gasteiger charge is -2.15. The van der Waals surface area contributed by atoms with Crippen LogP contribution in [0.2, 0.25) is 0 Å². The molecule has 0 saturated heterocycles. The number of aromatic nitrogens is 1. The molecule has 0 fully saturated rings. The number of fused-ring (bicyclic) bond motifs is 1. The van der Waals surface area contributed by atoms with Crippen molar-refractivity contribution in [1.29, 1.82) is 0 Å². The van der Waals surface area contributed by atoms with Crippen LogP contribution in [-0.4, -0.2) is 27.2 Å². The standard InChI is InChI=1S/C21H16F3N3O2S2/c1-2-30-20-26-19(29)18(31-20)15(11-4-6-17-13(7-11)10-25-27-17)8-12-3-5-14(28)9-16(12)21(22,23)24/h3-7,9-10,28-29H,2,8H2,1H3. The molecular formula is C21H16F3N3O2S2. The van der Waals surface area contributed by atoms with E-state index < -0.39 is 17.5 Å². The highest BCUT2D eigenvalue weighted by atomic mass is 32.2. The molecule has 0 radical (unpaired) electrons. The highest BCUT2D eigenvalue weighted by Gasteiger charge is 2.34. The van der Waals surface area contributed by atoms with Crippen LogP contribution < -0.4 is 10.6 Å². The summed E-state index contributed by atoms with van der Waals surface area (Å²) in [5.74, 6) is 0.0618. The van der Waals surface area contributed by atoms with Crippen molar-refractivity contribution in [3.63, 3.8) is 0 Å². The van der Waals surface area contributed by atoms with Gasteiger partial charge in [-0.05, 0) is 46.4 Å². The molecule has 0 atom stereocenters. The Bertz CT molecular complexity index is 1300. The minimum Gasteiger partial charge on any atom is -0.508 e. The van der Waals surface area contributed by atoms with Gasteiger partial charge in [-0.15, -0.1) is 11.3 Å². The number of rotatable bonds is 5. The maximum atomic E-state index is 13.6. The lowest BCUT2D eigenvalue weighted by Crippen LogP contribution is -2.17. The van der Waals surface area contributed by atoms with Crippen LogP contribution in [0.25, 0.3) is 5.57 Å². The van der Waals surface area contributed by atoms with E-state index in [4.69, 9.17) is 0 Å². The summed E-state index contributed by atoms with van der Waals surface area (Å²) in [5, 5.41) is 29.2. The molecule has 10 heteroatoms. The van der Waals surface area contributed by atoms with Gasteiger partial charge >= 0.3 is 6.18 Å². The number of hydrogen-bond donors (Lipinski definition) is 2. The van der Waals surface area contributed by atoms with Crippen molar-refractivity contribution in [3.05, 3.63) is 68.5 Å². The Balaban J connectivity index is 1.93. The molecule has 0 unspecified atom stereocenters. The van der Waals surface area contributed by atoms with Gasteiger partial charge in [0.2, 0.25) is 5.88 Å². The van der Waals surface area contributed by atoms with Crippen molar-refractivity contribution in [2.75, 3.05) is 5.75 Å². The van der Waals surface area contributed by atoms with Gasteiger partial charge in [0.25, 0.3) is 0 Å². The molecule has 1 aromatic heterocycles. The molecule has 2 aromatic carbocycles. The van der Waals surface area contributed by atoms with Gasteiger partial charge < -0.3 is 10.2 Å². The molecular weight excluding hydrogens is 447 g/mol. The quantitative estimate of drug-likeness (QED) is 0.559. The van der Waals surface area contributed by atoms with Crippen molar-refractivity contribution < 1.29 is 23.4 Å². The Labute approximate surface area is 183 Å². The van der Waals surface area contributed by atoms with E-state index in [1.807, 2.05) is 6.92 Å². The van der Waals surface area contributed by atoms with Crippen LogP contribution in [0.5, 0.6) is 11.6 Å². The van der Waals surface area contributed by atoms with Gasteiger partial charge in [0.15, 0.2) is 4.34 Å². The zero-order chi connectivity index (χ0) is 22.2. The van der Waals surface area contributed by atoms with Crippen molar-refractivity contribution in [2.24, 2.45) is 10.2 Å². The number of aromatic hydroxyl groups is 2. The molecule has 3 aromatic rings.